The highest BCUT2D eigenvalue weighted by atomic mass is 32.2. The quantitative estimate of drug-likeness (QED) is 0.773. The average molecular weight is 400 g/mol. The van der Waals surface area contributed by atoms with E-state index in [0.717, 1.165) is 41.1 Å². The first kappa shape index (κ1) is 19.0. The molecule has 0 spiro atoms. The van der Waals surface area contributed by atoms with Crippen LogP contribution in [0.5, 0.6) is 11.5 Å². The fraction of sp³-hybridized carbons (Fsp3) is 0.524. The molecule has 1 atom stereocenters. The molecule has 1 aliphatic heterocycles. The molecular formula is C21H25N3O3S. The SMILES string of the molecule is Cc1cc(Oc2c(C3CCC3)nn(C3CCS(=O)(=O)C3)c2C)cc(C)c1C#N. The van der Waals surface area contributed by atoms with Crippen LogP contribution in [0.25, 0.3) is 0 Å². The first-order valence-electron chi connectivity index (χ1n) is 9.77. The molecule has 2 aromatic rings. The van der Waals surface area contributed by atoms with Crippen LogP contribution in [0.15, 0.2) is 12.1 Å². The van der Waals surface area contributed by atoms with Gasteiger partial charge in [0.1, 0.15) is 11.4 Å². The van der Waals surface area contributed by atoms with Crippen molar-refractivity contribution < 1.29 is 13.2 Å². The second-order valence-corrected chi connectivity index (χ2v) is 10.3. The smallest absolute Gasteiger partial charge is 0.171 e. The maximum atomic E-state index is 11.9. The zero-order valence-corrected chi connectivity index (χ0v) is 17.3. The fourth-order valence-corrected chi connectivity index (χ4v) is 5.89. The summed E-state index contributed by atoms with van der Waals surface area (Å²) in [4.78, 5) is 0. The van der Waals surface area contributed by atoms with E-state index in [4.69, 9.17) is 9.84 Å². The number of hydrogen-bond donors (Lipinski definition) is 0. The number of ether oxygens (including phenoxy) is 1. The number of nitriles is 1. The summed E-state index contributed by atoms with van der Waals surface area (Å²) < 4.78 is 32.1. The van der Waals surface area contributed by atoms with Crippen LogP contribution in [0, 0.1) is 32.1 Å². The highest BCUT2D eigenvalue weighted by Crippen LogP contribution is 2.44. The van der Waals surface area contributed by atoms with Gasteiger partial charge < -0.3 is 4.74 Å². The van der Waals surface area contributed by atoms with Gasteiger partial charge in [-0.25, -0.2) is 8.42 Å². The Hall–Kier alpha value is -2.33. The van der Waals surface area contributed by atoms with Gasteiger partial charge in [0.2, 0.25) is 0 Å². The zero-order chi connectivity index (χ0) is 20.1. The van der Waals surface area contributed by atoms with Gasteiger partial charge in [0, 0.05) is 5.92 Å². The molecule has 1 aliphatic carbocycles. The number of rotatable bonds is 4. The molecule has 4 rings (SSSR count). The fourth-order valence-electron chi connectivity index (χ4n) is 4.20. The van der Waals surface area contributed by atoms with Gasteiger partial charge in [0.05, 0.1) is 34.9 Å². The Kier molecular flexibility index (Phi) is 4.70. The third-order valence-electron chi connectivity index (χ3n) is 6.00. The second-order valence-electron chi connectivity index (χ2n) is 8.07. The van der Waals surface area contributed by atoms with Crippen molar-refractivity contribution in [2.45, 2.75) is 58.4 Å². The van der Waals surface area contributed by atoms with Crippen molar-refractivity contribution >= 4 is 9.84 Å². The van der Waals surface area contributed by atoms with Crippen molar-refractivity contribution in [3.63, 3.8) is 0 Å². The van der Waals surface area contributed by atoms with Crippen molar-refractivity contribution in [2.75, 3.05) is 11.5 Å². The van der Waals surface area contributed by atoms with Crippen LogP contribution in [0.2, 0.25) is 0 Å². The molecule has 6 nitrogen and oxygen atoms in total. The monoisotopic (exact) mass is 399 g/mol. The van der Waals surface area contributed by atoms with Crippen LogP contribution in [0.1, 0.15) is 65.7 Å². The van der Waals surface area contributed by atoms with E-state index in [0.29, 0.717) is 23.7 Å². The molecule has 1 saturated carbocycles. The van der Waals surface area contributed by atoms with E-state index in [9.17, 15) is 13.7 Å². The normalized spacial score (nSPS) is 21.3. The number of aryl methyl sites for hydroxylation is 2. The van der Waals surface area contributed by atoms with Crippen molar-refractivity contribution in [3.05, 3.63) is 40.2 Å². The topological polar surface area (TPSA) is 85.0 Å². The minimum Gasteiger partial charge on any atom is -0.453 e. The van der Waals surface area contributed by atoms with E-state index in [2.05, 4.69) is 6.07 Å². The Morgan fingerprint density at radius 2 is 1.86 bits per heavy atom. The van der Waals surface area contributed by atoms with Gasteiger partial charge in [-0.1, -0.05) is 6.42 Å². The summed E-state index contributed by atoms with van der Waals surface area (Å²) in [6, 6.07) is 5.88. The highest BCUT2D eigenvalue weighted by molar-refractivity contribution is 7.91. The minimum atomic E-state index is -2.99. The molecule has 1 aromatic carbocycles. The lowest BCUT2D eigenvalue weighted by atomic mass is 9.82. The van der Waals surface area contributed by atoms with Gasteiger partial charge in [-0.15, -0.1) is 0 Å². The van der Waals surface area contributed by atoms with E-state index in [1.54, 1.807) is 0 Å². The Labute approximate surface area is 166 Å². The van der Waals surface area contributed by atoms with Crippen LogP contribution >= 0.6 is 0 Å². The Bertz CT molecular complexity index is 1050. The standard InChI is InChI=1S/C21H25N3O3S/c1-13-9-18(10-14(2)19(13)11-22)27-21-15(3)24(17-7-8-28(25,26)12-17)23-20(21)16-5-4-6-16/h9-10,16-17H,4-8,12H2,1-3H3. The molecule has 0 bridgehead atoms. The number of nitrogens with zero attached hydrogens (tertiary/aromatic N) is 3. The van der Waals surface area contributed by atoms with Crippen molar-refractivity contribution in [1.29, 1.82) is 5.26 Å². The minimum absolute atomic E-state index is 0.120. The molecule has 148 valence electrons. The van der Waals surface area contributed by atoms with Gasteiger partial charge in [-0.3, -0.25) is 4.68 Å². The van der Waals surface area contributed by atoms with Crippen LogP contribution in [0.4, 0.5) is 0 Å². The summed E-state index contributed by atoms with van der Waals surface area (Å²) in [6.07, 6.45) is 3.95. The molecule has 1 unspecified atom stereocenters. The molecule has 7 heteroatoms. The molecule has 1 saturated heterocycles. The summed E-state index contributed by atoms with van der Waals surface area (Å²) in [5.41, 5.74) is 4.26. The number of benzene rings is 1. The van der Waals surface area contributed by atoms with Gasteiger partial charge >= 0.3 is 0 Å². The third-order valence-corrected chi connectivity index (χ3v) is 7.75. The maximum absolute atomic E-state index is 11.9. The van der Waals surface area contributed by atoms with E-state index in [-0.39, 0.29) is 17.5 Å². The predicted octanol–water partition coefficient (Wildman–Crippen LogP) is 4.10. The molecule has 0 N–H and O–H groups in total. The van der Waals surface area contributed by atoms with Crippen LogP contribution in [-0.2, 0) is 9.84 Å². The van der Waals surface area contributed by atoms with Gasteiger partial charge in [-0.2, -0.15) is 10.4 Å². The van der Waals surface area contributed by atoms with Gasteiger partial charge in [-0.05, 0) is 63.3 Å². The van der Waals surface area contributed by atoms with E-state index in [1.165, 1.54) is 6.42 Å². The maximum Gasteiger partial charge on any atom is 0.171 e. The molecule has 0 radical (unpaired) electrons. The molecule has 2 fully saturated rings. The van der Waals surface area contributed by atoms with Gasteiger partial charge in [0.15, 0.2) is 15.6 Å². The first-order valence-corrected chi connectivity index (χ1v) is 11.6. The van der Waals surface area contributed by atoms with Crippen LogP contribution in [0.3, 0.4) is 0 Å². The Morgan fingerprint density at radius 1 is 1.18 bits per heavy atom. The van der Waals surface area contributed by atoms with E-state index in [1.807, 2.05) is 37.6 Å². The first-order chi connectivity index (χ1) is 13.3. The number of sulfone groups is 1. The second kappa shape index (κ2) is 6.93. The molecule has 1 aromatic heterocycles. The van der Waals surface area contributed by atoms with E-state index >= 15 is 0 Å². The summed E-state index contributed by atoms with van der Waals surface area (Å²) in [5, 5.41) is 14.1. The molecule has 2 heterocycles. The molecular weight excluding hydrogens is 374 g/mol. The average Bonchev–Trinajstić information content (AvgIpc) is 3.07. The third kappa shape index (κ3) is 3.30. The lowest BCUT2D eigenvalue weighted by molar-refractivity contribution is 0.386. The molecule has 2 aliphatic rings. The summed E-state index contributed by atoms with van der Waals surface area (Å²) >= 11 is 0. The largest absolute Gasteiger partial charge is 0.453 e. The van der Waals surface area contributed by atoms with Crippen LogP contribution < -0.4 is 4.74 Å². The summed E-state index contributed by atoms with van der Waals surface area (Å²) in [7, 11) is -2.99. The molecule has 0 amide bonds. The van der Waals surface area contributed by atoms with Crippen molar-refractivity contribution in [3.8, 4) is 17.6 Å². The zero-order valence-electron chi connectivity index (χ0n) is 16.5. The Morgan fingerprint density at radius 3 is 2.36 bits per heavy atom. The predicted molar refractivity (Wildman–Crippen MR) is 107 cm³/mol. The Balaban J connectivity index is 1.73. The number of aromatic nitrogens is 2. The van der Waals surface area contributed by atoms with Gasteiger partial charge in [0.25, 0.3) is 0 Å². The van der Waals surface area contributed by atoms with E-state index < -0.39 is 9.84 Å². The molecule has 28 heavy (non-hydrogen) atoms. The van der Waals surface area contributed by atoms with Crippen molar-refractivity contribution in [1.82, 2.24) is 9.78 Å². The lowest BCUT2D eigenvalue weighted by Gasteiger charge is -2.24. The van der Waals surface area contributed by atoms with Crippen LogP contribution in [-0.4, -0.2) is 29.7 Å². The van der Waals surface area contributed by atoms with Crippen molar-refractivity contribution in [2.24, 2.45) is 0 Å². The number of hydrogen-bond acceptors (Lipinski definition) is 5. The summed E-state index contributed by atoms with van der Waals surface area (Å²) in [5.74, 6) is 2.18. The summed E-state index contributed by atoms with van der Waals surface area (Å²) in [6.45, 7) is 5.77. The highest BCUT2D eigenvalue weighted by Gasteiger charge is 2.35. The lowest BCUT2D eigenvalue weighted by Crippen LogP contribution is -2.15.